The highest BCUT2D eigenvalue weighted by Crippen LogP contribution is 2.37. The Kier molecular flexibility index (Phi) is 5.74. The fourth-order valence-electron chi connectivity index (χ4n) is 2.94. The first-order chi connectivity index (χ1) is 13.4. The number of nitrogens with zero attached hydrogens (tertiary/aromatic N) is 2. The molecule has 28 heavy (non-hydrogen) atoms. The van der Waals surface area contributed by atoms with Gasteiger partial charge < -0.3 is 14.8 Å². The molecule has 0 aliphatic carbocycles. The number of hydrogen-bond acceptors (Lipinski definition) is 5. The van der Waals surface area contributed by atoms with Gasteiger partial charge in [0, 0.05) is 18.4 Å². The first-order valence-electron chi connectivity index (χ1n) is 9.01. The van der Waals surface area contributed by atoms with Crippen LogP contribution < -0.4 is 19.7 Å². The van der Waals surface area contributed by atoms with Crippen LogP contribution in [-0.4, -0.2) is 36.1 Å². The van der Waals surface area contributed by atoms with Crippen molar-refractivity contribution >= 4 is 34.9 Å². The summed E-state index contributed by atoms with van der Waals surface area (Å²) in [6.07, 6.45) is 3.28. The SMILES string of the molecule is CCCCN1C(=O)C(C)(C(=O)Nc2ccc(OC)c(Cl)c2)Oc2cccnc21. The Hall–Kier alpha value is -2.80. The topological polar surface area (TPSA) is 80.8 Å². The molecule has 1 aromatic heterocycles. The number of pyridine rings is 1. The first-order valence-corrected chi connectivity index (χ1v) is 9.39. The van der Waals surface area contributed by atoms with Crippen LogP contribution in [0, 0.1) is 0 Å². The summed E-state index contributed by atoms with van der Waals surface area (Å²) in [4.78, 5) is 32.0. The molecule has 2 amide bonds. The van der Waals surface area contributed by atoms with Crippen molar-refractivity contribution in [2.24, 2.45) is 0 Å². The maximum atomic E-state index is 13.2. The Labute approximate surface area is 168 Å². The summed E-state index contributed by atoms with van der Waals surface area (Å²) in [5.74, 6) is 0.267. The molecule has 2 heterocycles. The number of carbonyl (C=O) groups excluding carboxylic acids is 2. The number of amides is 2. The number of rotatable bonds is 6. The normalized spacial score (nSPS) is 18.3. The molecule has 0 saturated carbocycles. The zero-order chi connectivity index (χ0) is 20.3. The van der Waals surface area contributed by atoms with E-state index in [1.54, 1.807) is 36.5 Å². The van der Waals surface area contributed by atoms with Gasteiger partial charge in [0.25, 0.3) is 17.4 Å². The minimum absolute atomic E-state index is 0.348. The van der Waals surface area contributed by atoms with E-state index in [0.717, 1.165) is 12.8 Å². The Balaban J connectivity index is 1.90. The number of benzene rings is 1. The summed E-state index contributed by atoms with van der Waals surface area (Å²) in [7, 11) is 1.51. The number of hydrogen-bond donors (Lipinski definition) is 1. The van der Waals surface area contributed by atoms with Gasteiger partial charge in [0.1, 0.15) is 5.75 Å². The van der Waals surface area contributed by atoms with Crippen molar-refractivity contribution in [1.29, 1.82) is 0 Å². The average Bonchev–Trinajstić information content (AvgIpc) is 2.68. The summed E-state index contributed by atoms with van der Waals surface area (Å²) < 4.78 is 10.9. The quantitative estimate of drug-likeness (QED) is 0.744. The van der Waals surface area contributed by atoms with Crippen molar-refractivity contribution in [3.8, 4) is 11.5 Å². The predicted octanol–water partition coefficient (Wildman–Crippen LogP) is 3.67. The lowest BCUT2D eigenvalue weighted by Crippen LogP contribution is -2.61. The molecule has 0 radical (unpaired) electrons. The molecule has 7 nitrogen and oxygen atoms in total. The smallest absolute Gasteiger partial charge is 0.282 e. The number of unbranched alkanes of at least 4 members (excludes halogenated alkanes) is 1. The highest BCUT2D eigenvalue weighted by Gasteiger charge is 2.51. The van der Waals surface area contributed by atoms with Crippen molar-refractivity contribution in [2.45, 2.75) is 32.3 Å². The first kappa shape index (κ1) is 19.9. The monoisotopic (exact) mass is 403 g/mol. The van der Waals surface area contributed by atoms with Crippen LogP contribution >= 0.6 is 11.6 Å². The molecule has 8 heteroatoms. The molecule has 148 valence electrons. The number of aromatic nitrogens is 1. The molecular weight excluding hydrogens is 382 g/mol. The van der Waals surface area contributed by atoms with Crippen molar-refractivity contribution in [3.63, 3.8) is 0 Å². The van der Waals surface area contributed by atoms with Crippen molar-refractivity contribution < 1.29 is 19.1 Å². The van der Waals surface area contributed by atoms with E-state index in [-0.39, 0.29) is 0 Å². The second kappa shape index (κ2) is 8.06. The minimum Gasteiger partial charge on any atom is -0.495 e. The third kappa shape index (κ3) is 3.62. The van der Waals surface area contributed by atoms with Gasteiger partial charge in [0.05, 0.1) is 12.1 Å². The van der Waals surface area contributed by atoms with E-state index in [9.17, 15) is 9.59 Å². The van der Waals surface area contributed by atoms with Crippen LogP contribution in [0.5, 0.6) is 11.5 Å². The van der Waals surface area contributed by atoms with Gasteiger partial charge in [-0.3, -0.25) is 14.5 Å². The standard InChI is InChI=1S/C20H22ClN3O4/c1-4-5-11-24-17-16(7-6-10-22-17)28-20(2,19(24)26)18(25)23-13-8-9-15(27-3)14(21)12-13/h6-10,12H,4-5,11H2,1-3H3,(H,23,25). The summed E-state index contributed by atoms with van der Waals surface area (Å²) >= 11 is 6.12. The molecule has 1 aromatic carbocycles. The number of nitrogens with one attached hydrogen (secondary N) is 1. The van der Waals surface area contributed by atoms with Gasteiger partial charge in [-0.1, -0.05) is 24.9 Å². The summed E-state index contributed by atoms with van der Waals surface area (Å²) in [6.45, 7) is 3.95. The zero-order valence-corrected chi connectivity index (χ0v) is 16.7. The molecule has 0 saturated heterocycles. The maximum Gasteiger partial charge on any atom is 0.282 e. The number of ether oxygens (including phenoxy) is 2. The molecule has 0 bridgehead atoms. The van der Waals surface area contributed by atoms with Gasteiger partial charge in [-0.15, -0.1) is 0 Å². The largest absolute Gasteiger partial charge is 0.495 e. The van der Waals surface area contributed by atoms with Crippen molar-refractivity contribution in [3.05, 3.63) is 41.6 Å². The van der Waals surface area contributed by atoms with Crippen LogP contribution in [0.2, 0.25) is 5.02 Å². The molecule has 0 fully saturated rings. The molecular formula is C20H22ClN3O4. The van der Waals surface area contributed by atoms with Gasteiger partial charge >= 0.3 is 0 Å². The van der Waals surface area contributed by atoms with Crippen molar-refractivity contribution in [2.75, 3.05) is 23.9 Å². The van der Waals surface area contributed by atoms with Crippen LogP contribution in [0.1, 0.15) is 26.7 Å². The molecule has 1 aliphatic rings. The van der Waals surface area contributed by atoms with Gasteiger partial charge in [-0.2, -0.15) is 0 Å². The lowest BCUT2D eigenvalue weighted by atomic mass is 10.0. The maximum absolute atomic E-state index is 13.2. The van der Waals surface area contributed by atoms with E-state index in [1.807, 2.05) is 6.92 Å². The zero-order valence-electron chi connectivity index (χ0n) is 16.0. The van der Waals surface area contributed by atoms with Crippen LogP contribution in [0.25, 0.3) is 0 Å². The summed E-state index contributed by atoms with van der Waals surface area (Å²) in [6, 6.07) is 8.23. The Morgan fingerprint density at radius 1 is 1.39 bits per heavy atom. The summed E-state index contributed by atoms with van der Waals surface area (Å²) in [5.41, 5.74) is -1.29. The molecule has 1 aliphatic heterocycles. The van der Waals surface area contributed by atoms with E-state index >= 15 is 0 Å². The van der Waals surface area contributed by atoms with E-state index < -0.39 is 17.4 Å². The molecule has 1 N–H and O–H groups in total. The average molecular weight is 404 g/mol. The van der Waals surface area contributed by atoms with Gasteiger partial charge in [0.15, 0.2) is 11.6 Å². The lowest BCUT2D eigenvalue weighted by Gasteiger charge is -2.38. The number of carbonyl (C=O) groups is 2. The van der Waals surface area contributed by atoms with E-state index in [2.05, 4.69) is 10.3 Å². The fraction of sp³-hybridized carbons (Fsp3) is 0.350. The number of halogens is 1. The second-order valence-electron chi connectivity index (χ2n) is 6.57. The van der Waals surface area contributed by atoms with E-state index in [4.69, 9.17) is 21.1 Å². The molecule has 0 spiro atoms. The second-order valence-corrected chi connectivity index (χ2v) is 6.98. The Bertz CT molecular complexity index is 905. The van der Waals surface area contributed by atoms with Crippen LogP contribution in [0.15, 0.2) is 36.5 Å². The highest BCUT2D eigenvalue weighted by atomic mass is 35.5. The van der Waals surface area contributed by atoms with E-state index in [1.165, 1.54) is 18.9 Å². The van der Waals surface area contributed by atoms with Crippen molar-refractivity contribution in [1.82, 2.24) is 4.98 Å². The minimum atomic E-state index is -1.73. The molecule has 3 rings (SSSR count). The fourth-order valence-corrected chi connectivity index (χ4v) is 3.20. The van der Waals surface area contributed by atoms with Gasteiger partial charge in [-0.25, -0.2) is 4.98 Å². The number of methoxy groups -OCH3 is 1. The van der Waals surface area contributed by atoms with Crippen LogP contribution in [-0.2, 0) is 9.59 Å². The third-order valence-electron chi connectivity index (χ3n) is 4.55. The van der Waals surface area contributed by atoms with Gasteiger partial charge in [0.2, 0.25) is 0 Å². The van der Waals surface area contributed by atoms with Gasteiger partial charge in [-0.05, 0) is 43.7 Å². The lowest BCUT2D eigenvalue weighted by molar-refractivity contribution is -0.145. The molecule has 2 aromatic rings. The molecule has 1 atom stereocenters. The number of fused-ring (bicyclic) bond motifs is 1. The summed E-state index contributed by atoms with van der Waals surface area (Å²) in [5, 5.41) is 3.06. The number of anilines is 2. The molecule has 1 unspecified atom stereocenters. The third-order valence-corrected chi connectivity index (χ3v) is 4.85. The Morgan fingerprint density at radius 3 is 2.86 bits per heavy atom. The van der Waals surface area contributed by atoms with Crippen LogP contribution in [0.4, 0.5) is 11.5 Å². The predicted molar refractivity (Wildman–Crippen MR) is 107 cm³/mol. The van der Waals surface area contributed by atoms with E-state index in [0.29, 0.717) is 34.6 Å². The Morgan fingerprint density at radius 2 is 2.18 bits per heavy atom. The highest BCUT2D eigenvalue weighted by molar-refractivity contribution is 6.32. The van der Waals surface area contributed by atoms with Crippen LogP contribution in [0.3, 0.4) is 0 Å².